The van der Waals surface area contributed by atoms with Crippen LogP contribution in [-0.4, -0.2) is 32.7 Å². The Kier molecular flexibility index (Phi) is 3.76. The number of ether oxygens (including phenoxy) is 2. The molecule has 0 aliphatic carbocycles. The molecule has 3 heterocycles. The maximum atomic E-state index is 12.7. The highest BCUT2D eigenvalue weighted by molar-refractivity contribution is 5.82. The van der Waals surface area contributed by atoms with E-state index in [0.717, 1.165) is 5.65 Å². The van der Waals surface area contributed by atoms with Crippen molar-refractivity contribution in [3.8, 4) is 11.5 Å². The van der Waals surface area contributed by atoms with E-state index in [2.05, 4.69) is 15.5 Å². The molecule has 128 valence electrons. The number of nitrogens with one attached hydrogen (secondary N) is 1. The van der Waals surface area contributed by atoms with Crippen LogP contribution in [0, 0.1) is 0 Å². The average molecular weight is 338 g/mol. The van der Waals surface area contributed by atoms with Crippen LogP contribution in [0.3, 0.4) is 0 Å². The molecule has 0 unspecified atom stereocenters. The molecule has 1 aliphatic heterocycles. The second-order valence-corrected chi connectivity index (χ2v) is 6.03. The number of nitrogens with zero attached hydrogens (tertiary/aromatic N) is 3. The molecule has 25 heavy (non-hydrogen) atoms. The Morgan fingerprint density at radius 2 is 1.84 bits per heavy atom. The molecule has 0 radical (unpaired) electrons. The van der Waals surface area contributed by atoms with Crippen molar-refractivity contribution in [2.75, 3.05) is 0 Å². The van der Waals surface area contributed by atoms with E-state index in [4.69, 9.17) is 9.47 Å². The topological polar surface area (TPSA) is 77.8 Å². The number of carbonyl (C=O) groups excluding carboxylic acids is 1. The van der Waals surface area contributed by atoms with Gasteiger partial charge in [-0.3, -0.25) is 9.20 Å². The summed E-state index contributed by atoms with van der Waals surface area (Å²) in [5.74, 6) is 1.63. The van der Waals surface area contributed by atoms with E-state index in [1.807, 2.05) is 60.8 Å². The van der Waals surface area contributed by atoms with Crippen molar-refractivity contribution >= 4 is 11.6 Å². The smallest absolute Gasteiger partial charge is 0.265 e. The second kappa shape index (κ2) is 6.08. The van der Waals surface area contributed by atoms with Gasteiger partial charge in [0, 0.05) is 6.20 Å². The van der Waals surface area contributed by atoms with Gasteiger partial charge in [0.25, 0.3) is 5.91 Å². The fraction of sp³-hybridized carbons (Fsp3) is 0.278. The molecule has 7 nitrogen and oxygen atoms in total. The van der Waals surface area contributed by atoms with Crippen LogP contribution in [-0.2, 0) is 4.79 Å². The molecule has 3 atom stereocenters. The number of fused-ring (bicyclic) bond motifs is 2. The minimum atomic E-state index is -0.725. The average Bonchev–Trinajstić information content (AvgIpc) is 3.05. The lowest BCUT2D eigenvalue weighted by Crippen LogP contribution is -2.49. The first kappa shape index (κ1) is 15.4. The first-order valence-corrected chi connectivity index (χ1v) is 8.16. The van der Waals surface area contributed by atoms with Crippen molar-refractivity contribution in [2.24, 2.45) is 0 Å². The molecule has 1 aliphatic rings. The minimum absolute atomic E-state index is 0.248. The van der Waals surface area contributed by atoms with Crippen molar-refractivity contribution in [3.05, 3.63) is 54.5 Å². The molecule has 1 N–H and O–H groups in total. The summed E-state index contributed by atoms with van der Waals surface area (Å²) in [6, 6.07) is 12.7. The van der Waals surface area contributed by atoms with Gasteiger partial charge in [0.1, 0.15) is 6.10 Å². The first-order chi connectivity index (χ1) is 12.1. The standard InChI is InChI=1S/C18H18N4O3/c1-11(17-21-20-15-9-5-6-10-22(15)17)19-18(23)16-12(2)24-13-7-3-4-8-14(13)25-16/h3-12,16H,1-2H3,(H,19,23)/t11-,12-,16-/m0/s1. The largest absolute Gasteiger partial charge is 0.482 e. The van der Waals surface area contributed by atoms with Gasteiger partial charge in [-0.05, 0) is 38.1 Å². The van der Waals surface area contributed by atoms with Crippen molar-refractivity contribution < 1.29 is 14.3 Å². The Morgan fingerprint density at radius 3 is 2.64 bits per heavy atom. The number of hydrogen-bond donors (Lipinski definition) is 1. The number of pyridine rings is 1. The molecular weight excluding hydrogens is 320 g/mol. The van der Waals surface area contributed by atoms with E-state index >= 15 is 0 Å². The van der Waals surface area contributed by atoms with Crippen molar-refractivity contribution in [3.63, 3.8) is 0 Å². The number of amides is 1. The number of hydrogen-bond acceptors (Lipinski definition) is 5. The summed E-state index contributed by atoms with van der Waals surface area (Å²) in [6.45, 7) is 3.68. The van der Waals surface area contributed by atoms with Crippen LogP contribution in [0.25, 0.3) is 5.65 Å². The van der Waals surface area contributed by atoms with Crippen molar-refractivity contribution in [1.82, 2.24) is 19.9 Å². The Bertz CT molecular complexity index is 923. The number of benzene rings is 1. The summed E-state index contributed by atoms with van der Waals surface area (Å²) < 4.78 is 13.5. The van der Waals surface area contributed by atoms with Crippen LogP contribution in [0.2, 0.25) is 0 Å². The molecule has 1 aromatic carbocycles. The Labute approximate surface area is 144 Å². The summed E-state index contributed by atoms with van der Waals surface area (Å²) >= 11 is 0. The van der Waals surface area contributed by atoms with Gasteiger partial charge in [-0.25, -0.2) is 0 Å². The highest BCUT2D eigenvalue weighted by Crippen LogP contribution is 2.33. The maximum absolute atomic E-state index is 12.7. The predicted molar refractivity (Wildman–Crippen MR) is 90.5 cm³/mol. The molecule has 4 rings (SSSR count). The van der Waals surface area contributed by atoms with Gasteiger partial charge >= 0.3 is 0 Å². The maximum Gasteiger partial charge on any atom is 0.265 e. The van der Waals surface area contributed by atoms with Crippen molar-refractivity contribution in [2.45, 2.75) is 32.1 Å². The molecule has 0 bridgehead atoms. The number of aromatic nitrogens is 3. The number of para-hydroxylation sites is 2. The number of carbonyl (C=O) groups is 1. The zero-order chi connectivity index (χ0) is 17.4. The third-order valence-electron chi connectivity index (χ3n) is 4.19. The minimum Gasteiger partial charge on any atom is -0.482 e. The second-order valence-electron chi connectivity index (χ2n) is 6.03. The van der Waals surface area contributed by atoms with Gasteiger partial charge in [-0.15, -0.1) is 10.2 Å². The first-order valence-electron chi connectivity index (χ1n) is 8.16. The SMILES string of the molecule is C[C@H](NC(=O)[C@H]1Oc2ccccc2O[C@H]1C)c1nnc2ccccn12. The van der Waals surface area contributed by atoms with E-state index in [0.29, 0.717) is 17.3 Å². The third-order valence-corrected chi connectivity index (χ3v) is 4.19. The van der Waals surface area contributed by atoms with Gasteiger partial charge in [0.05, 0.1) is 6.04 Å². The van der Waals surface area contributed by atoms with E-state index < -0.39 is 12.2 Å². The Hall–Kier alpha value is -3.09. The normalized spacial score (nSPS) is 20.2. The fourth-order valence-corrected chi connectivity index (χ4v) is 2.92. The van der Waals surface area contributed by atoms with Gasteiger partial charge in [-0.1, -0.05) is 18.2 Å². The summed E-state index contributed by atoms with van der Waals surface area (Å²) in [4.78, 5) is 12.7. The molecule has 0 saturated carbocycles. The fourth-order valence-electron chi connectivity index (χ4n) is 2.92. The predicted octanol–water partition coefficient (Wildman–Crippen LogP) is 2.13. The molecule has 0 spiro atoms. The van der Waals surface area contributed by atoms with Crippen LogP contribution in [0.1, 0.15) is 25.7 Å². The summed E-state index contributed by atoms with van der Waals surface area (Å²) in [6.07, 6.45) is 0.751. The van der Waals surface area contributed by atoms with Crippen LogP contribution < -0.4 is 14.8 Å². The van der Waals surface area contributed by atoms with E-state index in [9.17, 15) is 4.79 Å². The molecule has 7 heteroatoms. The van der Waals surface area contributed by atoms with Crippen LogP contribution in [0.15, 0.2) is 48.7 Å². The van der Waals surface area contributed by atoms with Gasteiger partial charge < -0.3 is 14.8 Å². The lowest BCUT2D eigenvalue weighted by molar-refractivity contribution is -0.134. The van der Waals surface area contributed by atoms with Gasteiger partial charge in [-0.2, -0.15) is 0 Å². The zero-order valence-electron chi connectivity index (χ0n) is 13.9. The number of rotatable bonds is 3. The van der Waals surface area contributed by atoms with Crippen molar-refractivity contribution in [1.29, 1.82) is 0 Å². The molecule has 0 fully saturated rings. The van der Waals surface area contributed by atoms with Crippen LogP contribution in [0.5, 0.6) is 11.5 Å². The molecular formula is C18H18N4O3. The quantitative estimate of drug-likeness (QED) is 0.792. The van der Waals surface area contributed by atoms with Gasteiger partial charge in [0.2, 0.25) is 6.10 Å². The molecule has 3 aromatic rings. The van der Waals surface area contributed by atoms with E-state index in [1.165, 1.54) is 0 Å². The molecule has 2 aromatic heterocycles. The van der Waals surface area contributed by atoms with E-state index in [1.54, 1.807) is 6.07 Å². The summed E-state index contributed by atoms with van der Waals surface area (Å²) in [5, 5.41) is 11.2. The Morgan fingerprint density at radius 1 is 1.12 bits per heavy atom. The highest BCUT2D eigenvalue weighted by atomic mass is 16.6. The van der Waals surface area contributed by atoms with Crippen LogP contribution in [0.4, 0.5) is 0 Å². The van der Waals surface area contributed by atoms with Crippen LogP contribution >= 0.6 is 0 Å². The lowest BCUT2D eigenvalue weighted by atomic mass is 10.1. The molecule has 1 amide bonds. The monoisotopic (exact) mass is 338 g/mol. The Balaban J connectivity index is 1.52. The van der Waals surface area contributed by atoms with Gasteiger partial charge in [0.15, 0.2) is 23.0 Å². The lowest BCUT2D eigenvalue weighted by Gasteiger charge is -2.31. The zero-order valence-corrected chi connectivity index (χ0v) is 13.9. The summed E-state index contributed by atoms with van der Waals surface area (Å²) in [5.41, 5.74) is 0.734. The van der Waals surface area contributed by atoms with E-state index in [-0.39, 0.29) is 11.9 Å². The third kappa shape index (κ3) is 2.77. The highest BCUT2D eigenvalue weighted by Gasteiger charge is 2.35. The summed E-state index contributed by atoms with van der Waals surface area (Å²) in [7, 11) is 0. The molecule has 0 saturated heterocycles.